The molecule has 0 aromatic carbocycles. The van der Waals surface area contributed by atoms with Crippen LogP contribution in [-0.2, 0) is 9.53 Å². The Labute approximate surface area is 105 Å². The molecule has 0 aliphatic heterocycles. The molecule has 0 heterocycles. The van der Waals surface area contributed by atoms with Crippen molar-refractivity contribution in [3.05, 3.63) is 0 Å². The van der Waals surface area contributed by atoms with Crippen LogP contribution < -0.4 is 5.32 Å². The van der Waals surface area contributed by atoms with Crippen LogP contribution in [-0.4, -0.2) is 25.2 Å². The summed E-state index contributed by atoms with van der Waals surface area (Å²) in [5, 5.41) is 3.63. The maximum absolute atomic E-state index is 11.6. The highest BCUT2D eigenvalue weighted by molar-refractivity contribution is 5.70. The third-order valence-electron chi connectivity index (χ3n) is 4.16. The fourth-order valence-electron chi connectivity index (χ4n) is 2.99. The summed E-state index contributed by atoms with van der Waals surface area (Å²) in [6.45, 7) is 7.69. The van der Waals surface area contributed by atoms with Gasteiger partial charge in [-0.2, -0.15) is 0 Å². The first-order valence-electron chi connectivity index (χ1n) is 6.86. The molecular formula is C14H27NO2. The van der Waals surface area contributed by atoms with E-state index in [1.165, 1.54) is 20.0 Å². The second kappa shape index (κ2) is 6.39. The lowest BCUT2D eigenvalue weighted by atomic mass is 9.68. The van der Waals surface area contributed by atoms with Crippen LogP contribution >= 0.6 is 0 Å². The molecule has 100 valence electrons. The average molecular weight is 241 g/mol. The summed E-state index contributed by atoms with van der Waals surface area (Å²) in [6.07, 6.45) is 5.18. The Kier molecular flexibility index (Phi) is 5.44. The van der Waals surface area contributed by atoms with Gasteiger partial charge in [-0.25, -0.2) is 0 Å². The summed E-state index contributed by atoms with van der Waals surface area (Å²) in [4.78, 5) is 11.6. The number of rotatable bonds is 5. The average Bonchev–Trinajstić information content (AvgIpc) is 2.31. The number of esters is 1. The Morgan fingerprint density at radius 2 is 2.12 bits per heavy atom. The molecule has 0 aromatic heterocycles. The van der Waals surface area contributed by atoms with Crippen molar-refractivity contribution in [1.29, 1.82) is 0 Å². The first-order chi connectivity index (χ1) is 8.04. The van der Waals surface area contributed by atoms with Gasteiger partial charge >= 0.3 is 5.97 Å². The number of carbonyl (C=O) groups is 1. The predicted molar refractivity (Wildman–Crippen MR) is 69.8 cm³/mol. The van der Waals surface area contributed by atoms with E-state index in [9.17, 15) is 4.79 Å². The molecule has 3 atom stereocenters. The third kappa shape index (κ3) is 3.70. The highest BCUT2D eigenvalue weighted by atomic mass is 16.5. The SMILES string of the molecule is CCCNC1(CC(=O)OC)CC(C)CCC1C. The molecule has 0 radical (unpaired) electrons. The summed E-state index contributed by atoms with van der Waals surface area (Å²) < 4.78 is 4.86. The molecule has 1 saturated carbocycles. The van der Waals surface area contributed by atoms with Crippen molar-refractivity contribution in [1.82, 2.24) is 5.32 Å². The van der Waals surface area contributed by atoms with Crippen molar-refractivity contribution in [3.8, 4) is 0 Å². The molecule has 1 N–H and O–H groups in total. The molecule has 3 heteroatoms. The fourth-order valence-corrected chi connectivity index (χ4v) is 2.99. The Morgan fingerprint density at radius 3 is 2.71 bits per heavy atom. The van der Waals surface area contributed by atoms with E-state index in [4.69, 9.17) is 4.74 Å². The highest BCUT2D eigenvalue weighted by Gasteiger charge is 2.41. The molecule has 0 saturated heterocycles. The smallest absolute Gasteiger partial charge is 0.307 e. The van der Waals surface area contributed by atoms with E-state index < -0.39 is 0 Å². The summed E-state index contributed by atoms with van der Waals surface area (Å²) in [7, 11) is 1.48. The van der Waals surface area contributed by atoms with E-state index in [1.807, 2.05) is 0 Å². The predicted octanol–water partition coefficient (Wildman–Crippen LogP) is 2.74. The van der Waals surface area contributed by atoms with Crippen LogP contribution in [0.15, 0.2) is 0 Å². The van der Waals surface area contributed by atoms with Crippen molar-refractivity contribution in [2.24, 2.45) is 11.8 Å². The molecule has 3 unspecified atom stereocenters. The zero-order valence-electron chi connectivity index (χ0n) is 11.7. The third-order valence-corrected chi connectivity index (χ3v) is 4.16. The van der Waals surface area contributed by atoms with Crippen LogP contribution in [0.5, 0.6) is 0 Å². The van der Waals surface area contributed by atoms with E-state index in [0.717, 1.165) is 19.4 Å². The topological polar surface area (TPSA) is 38.3 Å². The number of hydrogen-bond acceptors (Lipinski definition) is 3. The Hall–Kier alpha value is -0.570. The minimum Gasteiger partial charge on any atom is -0.469 e. The van der Waals surface area contributed by atoms with Gasteiger partial charge in [-0.15, -0.1) is 0 Å². The molecule has 17 heavy (non-hydrogen) atoms. The summed E-state index contributed by atoms with van der Waals surface area (Å²) in [5.41, 5.74) is -0.0409. The van der Waals surface area contributed by atoms with E-state index in [-0.39, 0.29) is 11.5 Å². The van der Waals surface area contributed by atoms with Crippen molar-refractivity contribution >= 4 is 5.97 Å². The molecule has 3 nitrogen and oxygen atoms in total. The van der Waals surface area contributed by atoms with Crippen molar-refractivity contribution in [3.63, 3.8) is 0 Å². The Morgan fingerprint density at radius 1 is 1.41 bits per heavy atom. The van der Waals surface area contributed by atoms with Crippen LogP contribution in [0.3, 0.4) is 0 Å². The van der Waals surface area contributed by atoms with Gasteiger partial charge < -0.3 is 10.1 Å². The van der Waals surface area contributed by atoms with Gasteiger partial charge in [0.05, 0.1) is 13.5 Å². The molecular weight excluding hydrogens is 214 g/mol. The largest absolute Gasteiger partial charge is 0.469 e. The maximum atomic E-state index is 11.6. The number of ether oxygens (including phenoxy) is 1. The summed E-state index contributed by atoms with van der Waals surface area (Å²) in [6, 6.07) is 0. The molecule has 1 rings (SSSR count). The van der Waals surface area contributed by atoms with Gasteiger partial charge in [0.15, 0.2) is 0 Å². The van der Waals surface area contributed by atoms with Gasteiger partial charge in [-0.1, -0.05) is 27.2 Å². The van der Waals surface area contributed by atoms with E-state index >= 15 is 0 Å². The first-order valence-corrected chi connectivity index (χ1v) is 6.86. The van der Waals surface area contributed by atoms with Gasteiger partial charge in [-0.05, 0) is 37.6 Å². The van der Waals surface area contributed by atoms with Crippen LogP contribution in [0.4, 0.5) is 0 Å². The molecule has 0 amide bonds. The number of nitrogens with one attached hydrogen (secondary N) is 1. The van der Waals surface area contributed by atoms with Crippen LogP contribution in [0, 0.1) is 11.8 Å². The van der Waals surface area contributed by atoms with Gasteiger partial charge in [0.1, 0.15) is 0 Å². The Bertz CT molecular complexity index is 255. The zero-order valence-corrected chi connectivity index (χ0v) is 11.7. The van der Waals surface area contributed by atoms with Crippen LogP contribution in [0.1, 0.15) is 52.9 Å². The van der Waals surface area contributed by atoms with Crippen molar-refractivity contribution in [2.45, 2.75) is 58.4 Å². The number of carbonyl (C=O) groups excluding carboxylic acids is 1. The standard InChI is InChI=1S/C14H27NO2/c1-5-8-15-14(10-13(16)17-4)9-11(2)6-7-12(14)3/h11-12,15H,5-10H2,1-4H3. The van der Waals surface area contributed by atoms with Crippen molar-refractivity contribution < 1.29 is 9.53 Å². The fraction of sp³-hybridized carbons (Fsp3) is 0.929. The second-order valence-electron chi connectivity index (χ2n) is 5.62. The van der Waals surface area contributed by atoms with Gasteiger partial charge in [-0.3, -0.25) is 4.79 Å². The summed E-state index contributed by atoms with van der Waals surface area (Å²) >= 11 is 0. The molecule has 1 aliphatic rings. The highest BCUT2D eigenvalue weighted by Crippen LogP contribution is 2.39. The lowest BCUT2D eigenvalue weighted by Crippen LogP contribution is -2.55. The minimum atomic E-state index is -0.0884. The van der Waals surface area contributed by atoms with E-state index in [2.05, 4.69) is 26.1 Å². The molecule has 0 aromatic rings. The lowest BCUT2D eigenvalue weighted by molar-refractivity contribution is -0.143. The van der Waals surface area contributed by atoms with Gasteiger partial charge in [0, 0.05) is 5.54 Å². The molecule has 1 aliphatic carbocycles. The van der Waals surface area contributed by atoms with E-state index in [0.29, 0.717) is 18.3 Å². The monoisotopic (exact) mass is 241 g/mol. The molecule has 0 spiro atoms. The molecule has 0 bridgehead atoms. The first kappa shape index (κ1) is 14.5. The lowest BCUT2D eigenvalue weighted by Gasteiger charge is -2.45. The zero-order chi connectivity index (χ0) is 12.9. The normalized spacial score (nSPS) is 33.4. The van der Waals surface area contributed by atoms with Gasteiger partial charge in [0.2, 0.25) is 0 Å². The second-order valence-corrected chi connectivity index (χ2v) is 5.62. The number of methoxy groups -OCH3 is 1. The van der Waals surface area contributed by atoms with Crippen LogP contribution in [0.25, 0.3) is 0 Å². The maximum Gasteiger partial charge on any atom is 0.307 e. The minimum absolute atomic E-state index is 0.0409. The molecule has 1 fully saturated rings. The van der Waals surface area contributed by atoms with Crippen LogP contribution in [0.2, 0.25) is 0 Å². The quantitative estimate of drug-likeness (QED) is 0.752. The van der Waals surface area contributed by atoms with Crippen molar-refractivity contribution in [2.75, 3.05) is 13.7 Å². The summed E-state index contributed by atoms with van der Waals surface area (Å²) in [5.74, 6) is 1.15. The van der Waals surface area contributed by atoms with Gasteiger partial charge in [0.25, 0.3) is 0 Å². The van der Waals surface area contributed by atoms with E-state index in [1.54, 1.807) is 0 Å². The number of hydrogen-bond donors (Lipinski definition) is 1. The Balaban J connectivity index is 2.78.